The maximum Gasteiger partial charge on any atom is 0.240 e. The van der Waals surface area contributed by atoms with Gasteiger partial charge in [0, 0.05) is 19.0 Å². The average Bonchev–Trinajstić information content (AvgIpc) is 3.01. The van der Waals surface area contributed by atoms with Crippen molar-refractivity contribution in [1.82, 2.24) is 10.4 Å². The Bertz CT molecular complexity index is 668. The second-order valence-corrected chi connectivity index (χ2v) is 4.85. The molecule has 1 aromatic carbocycles. The highest BCUT2D eigenvalue weighted by Gasteiger charge is 2.08. The number of hydrogen-bond acceptors (Lipinski definition) is 3. The molecule has 0 spiro atoms. The van der Waals surface area contributed by atoms with Gasteiger partial charge in [-0.3, -0.25) is 9.59 Å². The maximum atomic E-state index is 11.7. The van der Waals surface area contributed by atoms with Crippen LogP contribution in [0.2, 0.25) is 5.02 Å². The predicted molar refractivity (Wildman–Crippen MR) is 85.8 cm³/mol. The van der Waals surface area contributed by atoms with Crippen LogP contribution in [0.4, 0.5) is 5.69 Å². The number of anilines is 1. The number of aromatic amines is 1. The molecule has 0 bridgehead atoms. The number of amides is 2. The van der Waals surface area contributed by atoms with Gasteiger partial charge in [-0.2, -0.15) is 5.10 Å². The molecule has 7 heteroatoms. The lowest BCUT2D eigenvalue weighted by molar-refractivity contribution is -0.124. The Hall–Kier alpha value is -2.60. The van der Waals surface area contributed by atoms with Crippen LogP contribution < -0.4 is 10.7 Å². The number of nitrogens with zero attached hydrogens (tertiary/aromatic N) is 1. The highest BCUT2D eigenvalue weighted by atomic mass is 35.5. The van der Waals surface area contributed by atoms with E-state index in [2.05, 4.69) is 20.8 Å². The van der Waals surface area contributed by atoms with Gasteiger partial charge in [0.25, 0.3) is 0 Å². The molecule has 0 aliphatic carbocycles. The van der Waals surface area contributed by atoms with E-state index >= 15 is 0 Å². The maximum absolute atomic E-state index is 11.7. The first-order valence-corrected chi connectivity index (χ1v) is 7.02. The number of rotatable bonds is 6. The number of carbonyl (C=O) groups is 2. The van der Waals surface area contributed by atoms with Gasteiger partial charge in [-0.05, 0) is 24.3 Å². The topological polar surface area (TPSA) is 86.3 Å². The van der Waals surface area contributed by atoms with Crippen LogP contribution in [-0.4, -0.2) is 23.0 Å². The number of para-hydroxylation sites is 1. The zero-order chi connectivity index (χ0) is 15.8. The number of H-pyrrole nitrogens is 1. The minimum atomic E-state index is -0.336. The summed E-state index contributed by atoms with van der Waals surface area (Å²) >= 11 is 5.93. The molecule has 6 nitrogen and oxygen atoms in total. The summed E-state index contributed by atoms with van der Waals surface area (Å²) in [6, 6.07) is 10.5. The molecule has 0 radical (unpaired) electrons. The lowest BCUT2D eigenvalue weighted by Crippen LogP contribution is -2.20. The number of benzene rings is 1. The van der Waals surface area contributed by atoms with E-state index in [4.69, 9.17) is 11.6 Å². The fraction of sp³-hybridized carbons (Fsp3) is 0.133. The molecule has 0 atom stereocenters. The number of nitrogens with one attached hydrogen (secondary N) is 3. The Labute approximate surface area is 132 Å². The zero-order valence-corrected chi connectivity index (χ0v) is 12.4. The van der Waals surface area contributed by atoms with Crippen molar-refractivity contribution in [2.45, 2.75) is 12.8 Å². The summed E-state index contributed by atoms with van der Waals surface area (Å²) in [5, 5.41) is 6.89. The number of carbonyl (C=O) groups excluding carboxylic acids is 2. The van der Waals surface area contributed by atoms with Crippen LogP contribution in [0.15, 0.2) is 47.7 Å². The summed E-state index contributed by atoms with van der Waals surface area (Å²) in [6.07, 6.45) is 3.33. The van der Waals surface area contributed by atoms with Gasteiger partial charge in [-0.1, -0.05) is 23.7 Å². The summed E-state index contributed by atoms with van der Waals surface area (Å²) < 4.78 is 0. The van der Waals surface area contributed by atoms with Gasteiger partial charge in [0.2, 0.25) is 11.8 Å². The fourth-order valence-corrected chi connectivity index (χ4v) is 1.84. The molecule has 0 saturated carbocycles. The smallest absolute Gasteiger partial charge is 0.240 e. The number of hydrazone groups is 1. The molecule has 2 amide bonds. The van der Waals surface area contributed by atoms with Crippen LogP contribution in [0, 0.1) is 0 Å². The van der Waals surface area contributed by atoms with E-state index in [9.17, 15) is 9.59 Å². The largest absolute Gasteiger partial charge is 0.360 e. The van der Waals surface area contributed by atoms with Crippen LogP contribution in [0.1, 0.15) is 18.5 Å². The van der Waals surface area contributed by atoms with E-state index in [1.54, 1.807) is 30.5 Å². The van der Waals surface area contributed by atoms with Crippen LogP contribution in [-0.2, 0) is 9.59 Å². The number of aromatic nitrogens is 1. The van der Waals surface area contributed by atoms with Crippen molar-refractivity contribution < 1.29 is 9.59 Å². The molecular weight excluding hydrogens is 304 g/mol. The lowest BCUT2D eigenvalue weighted by atomic mass is 10.2. The Balaban J connectivity index is 1.72. The summed E-state index contributed by atoms with van der Waals surface area (Å²) in [7, 11) is 0. The first-order valence-electron chi connectivity index (χ1n) is 6.65. The van der Waals surface area contributed by atoms with Gasteiger partial charge in [-0.25, -0.2) is 5.43 Å². The third-order valence-corrected chi connectivity index (χ3v) is 3.07. The van der Waals surface area contributed by atoms with E-state index < -0.39 is 0 Å². The quantitative estimate of drug-likeness (QED) is 0.564. The molecule has 0 fully saturated rings. The van der Waals surface area contributed by atoms with Crippen molar-refractivity contribution in [3.63, 3.8) is 0 Å². The second kappa shape index (κ2) is 7.99. The molecule has 3 N–H and O–H groups in total. The third-order valence-electron chi connectivity index (χ3n) is 2.74. The van der Waals surface area contributed by atoms with Crippen LogP contribution in [0.5, 0.6) is 0 Å². The Morgan fingerprint density at radius 2 is 1.91 bits per heavy atom. The molecule has 114 valence electrons. The SMILES string of the molecule is O=C(CCC(=O)Nc1ccccc1Cl)NN=Cc1ccc[nH]1. The van der Waals surface area contributed by atoms with Gasteiger partial charge in [0.05, 0.1) is 22.6 Å². The summed E-state index contributed by atoms with van der Waals surface area (Å²) in [5.74, 6) is -0.617. The Kier molecular flexibility index (Phi) is 5.73. The van der Waals surface area contributed by atoms with Crippen molar-refractivity contribution in [2.24, 2.45) is 5.10 Å². The van der Waals surface area contributed by atoms with Crippen molar-refractivity contribution in [1.29, 1.82) is 0 Å². The Morgan fingerprint density at radius 3 is 2.64 bits per heavy atom. The molecule has 22 heavy (non-hydrogen) atoms. The monoisotopic (exact) mass is 318 g/mol. The van der Waals surface area contributed by atoms with E-state index in [0.29, 0.717) is 10.7 Å². The van der Waals surface area contributed by atoms with Gasteiger partial charge in [0.15, 0.2) is 0 Å². The molecule has 2 aromatic rings. The highest BCUT2D eigenvalue weighted by molar-refractivity contribution is 6.33. The van der Waals surface area contributed by atoms with Gasteiger partial charge >= 0.3 is 0 Å². The molecular formula is C15H15ClN4O2. The van der Waals surface area contributed by atoms with Gasteiger partial charge in [0.1, 0.15) is 0 Å². The average molecular weight is 319 g/mol. The number of hydrogen-bond donors (Lipinski definition) is 3. The van der Waals surface area contributed by atoms with E-state index in [1.807, 2.05) is 12.1 Å². The molecule has 0 saturated heterocycles. The highest BCUT2D eigenvalue weighted by Crippen LogP contribution is 2.20. The van der Waals surface area contributed by atoms with Crippen molar-refractivity contribution in [2.75, 3.05) is 5.32 Å². The molecule has 1 heterocycles. The molecule has 1 aromatic heterocycles. The molecule has 0 aliphatic heterocycles. The zero-order valence-electron chi connectivity index (χ0n) is 11.7. The fourth-order valence-electron chi connectivity index (χ4n) is 1.66. The van der Waals surface area contributed by atoms with Crippen molar-refractivity contribution in [3.8, 4) is 0 Å². The van der Waals surface area contributed by atoms with Crippen molar-refractivity contribution in [3.05, 3.63) is 53.3 Å². The predicted octanol–water partition coefficient (Wildman–Crippen LogP) is 2.54. The normalized spacial score (nSPS) is 10.6. The minimum absolute atomic E-state index is 0.0400. The van der Waals surface area contributed by atoms with Gasteiger partial charge in [-0.15, -0.1) is 0 Å². The van der Waals surface area contributed by atoms with E-state index in [1.165, 1.54) is 6.21 Å². The lowest BCUT2D eigenvalue weighted by Gasteiger charge is -2.06. The molecule has 0 unspecified atom stereocenters. The van der Waals surface area contributed by atoms with Crippen LogP contribution in [0.25, 0.3) is 0 Å². The first-order chi connectivity index (χ1) is 10.6. The molecule has 0 aliphatic rings. The standard InChI is InChI=1S/C15H15ClN4O2/c16-12-5-1-2-6-13(12)19-14(21)7-8-15(22)20-18-10-11-4-3-9-17-11/h1-6,9-10,17H,7-8H2,(H,19,21)(H,20,22). The second-order valence-electron chi connectivity index (χ2n) is 4.45. The first kappa shape index (κ1) is 15.8. The van der Waals surface area contributed by atoms with Crippen molar-refractivity contribution >= 4 is 35.3 Å². The van der Waals surface area contributed by atoms with Crippen LogP contribution >= 0.6 is 11.6 Å². The molecule has 2 rings (SSSR count). The summed E-state index contributed by atoms with van der Waals surface area (Å²) in [4.78, 5) is 26.2. The Morgan fingerprint density at radius 1 is 1.14 bits per heavy atom. The van der Waals surface area contributed by atoms with Gasteiger partial charge < -0.3 is 10.3 Å². The summed E-state index contributed by atoms with van der Waals surface area (Å²) in [5.41, 5.74) is 3.66. The summed E-state index contributed by atoms with van der Waals surface area (Å²) in [6.45, 7) is 0. The third kappa shape index (κ3) is 5.06. The van der Waals surface area contributed by atoms with E-state index in [0.717, 1.165) is 5.69 Å². The van der Waals surface area contributed by atoms with E-state index in [-0.39, 0.29) is 24.7 Å². The number of halogens is 1. The minimum Gasteiger partial charge on any atom is -0.360 e. The van der Waals surface area contributed by atoms with Crippen LogP contribution in [0.3, 0.4) is 0 Å².